The fourth-order valence-corrected chi connectivity index (χ4v) is 1.82. The number of carbonyl (C=O) groups is 1. The molecule has 3 heteroatoms. The van der Waals surface area contributed by atoms with Gasteiger partial charge in [-0.1, -0.05) is 19.1 Å². The number of phenols is 1. The summed E-state index contributed by atoms with van der Waals surface area (Å²) in [5, 5.41) is 9.68. The zero-order valence-corrected chi connectivity index (χ0v) is 10.7. The lowest BCUT2D eigenvalue weighted by Gasteiger charge is -2.09. The van der Waals surface area contributed by atoms with Gasteiger partial charge in [0.1, 0.15) is 11.5 Å². The van der Waals surface area contributed by atoms with Crippen LogP contribution in [0.3, 0.4) is 0 Å². The molecule has 1 aromatic rings. The SMILES string of the molecule is CC1=C/C(=C/[C@H](C)c2ccc(C)c(O)c2)OC1=O. The van der Waals surface area contributed by atoms with Crippen LogP contribution in [-0.4, -0.2) is 11.1 Å². The summed E-state index contributed by atoms with van der Waals surface area (Å²) in [4.78, 5) is 11.2. The van der Waals surface area contributed by atoms with E-state index >= 15 is 0 Å². The monoisotopic (exact) mass is 244 g/mol. The van der Waals surface area contributed by atoms with Crippen LogP contribution >= 0.6 is 0 Å². The highest BCUT2D eigenvalue weighted by Gasteiger charge is 2.17. The van der Waals surface area contributed by atoms with Crippen molar-refractivity contribution in [3.8, 4) is 5.75 Å². The van der Waals surface area contributed by atoms with Crippen LogP contribution in [0.2, 0.25) is 0 Å². The Hall–Kier alpha value is -2.03. The first-order valence-electron chi connectivity index (χ1n) is 5.89. The van der Waals surface area contributed by atoms with Crippen molar-refractivity contribution in [2.45, 2.75) is 26.7 Å². The number of aromatic hydroxyl groups is 1. The maximum Gasteiger partial charge on any atom is 0.339 e. The van der Waals surface area contributed by atoms with E-state index in [0.29, 0.717) is 11.3 Å². The van der Waals surface area contributed by atoms with Gasteiger partial charge in [-0.2, -0.15) is 0 Å². The first kappa shape index (κ1) is 12.4. The molecule has 0 fully saturated rings. The minimum Gasteiger partial charge on any atom is -0.508 e. The third kappa shape index (κ3) is 2.45. The van der Waals surface area contributed by atoms with E-state index < -0.39 is 0 Å². The molecule has 1 N–H and O–H groups in total. The molecule has 1 aliphatic rings. The molecule has 0 bridgehead atoms. The van der Waals surface area contributed by atoms with Gasteiger partial charge >= 0.3 is 5.97 Å². The van der Waals surface area contributed by atoms with E-state index in [1.54, 1.807) is 19.1 Å². The number of cyclic esters (lactones) is 1. The Morgan fingerprint density at radius 2 is 2.06 bits per heavy atom. The first-order chi connectivity index (χ1) is 8.47. The van der Waals surface area contributed by atoms with E-state index in [2.05, 4.69) is 0 Å². The minimum atomic E-state index is -0.291. The van der Waals surface area contributed by atoms with Crippen LogP contribution in [0.1, 0.15) is 30.9 Å². The van der Waals surface area contributed by atoms with Crippen molar-refractivity contribution in [1.29, 1.82) is 0 Å². The van der Waals surface area contributed by atoms with E-state index in [1.165, 1.54) is 0 Å². The lowest BCUT2D eigenvalue weighted by Crippen LogP contribution is -1.96. The number of ether oxygens (including phenoxy) is 1. The van der Waals surface area contributed by atoms with Crippen LogP contribution in [-0.2, 0) is 9.53 Å². The average Bonchev–Trinajstić information content (AvgIpc) is 2.61. The van der Waals surface area contributed by atoms with Gasteiger partial charge in [0.05, 0.1) is 0 Å². The Kier molecular flexibility index (Phi) is 3.24. The van der Waals surface area contributed by atoms with Gasteiger partial charge in [-0.3, -0.25) is 0 Å². The molecule has 0 amide bonds. The predicted molar refractivity (Wildman–Crippen MR) is 69.2 cm³/mol. The van der Waals surface area contributed by atoms with Crippen molar-refractivity contribution in [1.82, 2.24) is 0 Å². The molecule has 0 spiro atoms. The van der Waals surface area contributed by atoms with Gasteiger partial charge < -0.3 is 9.84 Å². The summed E-state index contributed by atoms with van der Waals surface area (Å²) < 4.78 is 5.09. The predicted octanol–water partition coefficient (Wildman–Crippen LogP) is 3.19. The lowest BCUT2D eigenvalue weighted by atomic mass is 9.98. The van der Waals surface area contributed by atoms with Gasteiger partial charge in [0.25, 0.3) is 0 Å². The molecule has 0 radical (unpaired) electrons. The molecule has 1 aliphatic heterocycles. The molecule has 0 saturated carbocycles. The number of allylic oxidation sites excluding steroid dienone is 2. The molecule has 3 nitrogen and oxygen atoms in total. The second kappa shape index (κ2) is 4.69. The number of hydrogen-bond acceptors (Lipinski definition) is 3. The van der Waals surface area contributed by atoms with E-state index in [9.17, 15) is 9.90 Å². The third-order valence-electron chi connectivity index (χ3n) is 3.06. The number of hydrogen-bond donors (Lipinski definition) is 1. The summed E-state index contributed by atoms with van der Waals surface area (Å²) in [6, 6.07) is 5.58. The largest absolute Gasteiger partial charge is 0.508 e. The quantitative estimate of drug-likeness (QED) is 0.813. The van der Waals surface area contributed by atoms with Crippen LogP contribution in [0.4, 0.5) is 0 Å². The summed E-state index contributed by atoms with van der Waals surface area (Å²) in [6.45, 7) is 5.57. The standard InChI is InChI=1S/C15H16O3/c1-9-4-5-12(8-14(9)16)10(2)6-13-7-11(3)15(17)18-13/h4-8,10,16H,1-3H3/b13-6-/t10-/m0/s1. The van der Waals surface area contributed by atoms with Crippen LogP contribution in [0.5, 0.6) is 5.75 Å². The summed E-state index contributed by atoms with van der Waals surface area (Å²) in [5.41, 5.74) is 2.45. The lowest BCUT2D eigenvalue weighted by molar-refractivity contribution is -0.133. The molecule has 0 aromatic heterocycles. The van der Waals surface area contributed by atoms with Crippen molar-refractivity contribution in [2.24, 2.45) is 0 Å². The van der Waals surface area contributed by atoms with Crippen molar-refractivity contribution < 1.29 is 14.6 Å². The van der Waals surface area contributed by atoms with Crippen LogP contribution < -0.4 is 0 Å². The number of rotatable bonds is 2. The third-order valence-corrected chi connectivity index (χ3v) is 3.06. The van der Waals surface area contributed by atoms with Crippen LogP contribution in [0.25, 0.3) is 0 Å². The zero-order valence-electron chi connectivity index (χ0n) is 10.7. The molecule has 1 heterocycles. The number of phenolic OH excluding ortho intramolecular Hbond substituents is 1. The molecule has 1 aromatic carbocycles. The fourth-order valence-electron chi connectivity index (χ4n) is 1.82. The Bertz CT molecular complexity index is 553. The smallest absolute Gasteiger partial charge is 0.339 e. The molecule has 0 aliphatic carbocycles. The van der Waals surface area contributed by atoms with Crippen molar-refractivity contribution in [3.63, 3.8) is 0 Å². The van der Waals surface area contributed by atoms with Gasteiger partial charge in [0.15, 0.2) is 0 Å². The molecule has 94 valence electrons. The Morgan fingerprint density at radius 1 is 1.33 bits per heavy atom. The highest BCUT2D eigenvalue weighted by atomic mass is 16.5. The molecular formula is C15H16O3. The zero-order chi connectivity index (χ0) is 13.3. The van der Waals surface area contributed by atoms with Gasteiger partial charge in [0.2, 0.25) is 0 Å². The first-order valence-corrected chi connectivity index (χ1v) is 5.89. The van der Waals surface area contributed by atoms with Crippen molar-refractivity contribution in [2.75, 3.05) is 0 Å². The number of esters is 1. The summed E-state index contributed by atoms with van der Waals surface area (Å²) >= 11 is 0. The molecule has 2 rings (SSSR count). The maximum absolute atomic E-state index is 11.2. The number of carbonyl (C=O) groups excluding carboxylic acids is 1. The molecule has 0 saturated heterocycles. The second-order valence-corrected chi connectivity index (χ2v) is 4.62. The summed E-state index contributed by atoms with van der Waals surface area (Å²) in [5.74, 6) is 0.639. The fraction of sp³-hybridized carbons (Fsp3) is 0.267. The van der Waals surface area contributed by atoms with E-state index in [1.807, 2.05) is 32.1 Å². The normalized spacial score (nSPS) is 18.7. The van der Waals surface area contributed by atoms with Gasteiger partial charge in [-0.25, -0.2) is 4.79 Å². The minimum absolute atomic E-state index is 0.0708. The molecule has 18 heavy (non-hydrogen) atoms. The number of benzene rings is 1. The van der Waals surface area contributed by atoms with Gasteiger partial charge in [-0.05, 0) is 43.2 Å². The summed E-state index contributed by atoms with van der Waals surface area (Å²) in [7, 11) is 0. The molecule has 0 unspecified atom stereocenters. The Morgan fingerprint density at radius 3 is 2.61 bits per heavy atom. The Labute approximate surface area is 106 Å². The van der Waals surface area contributed by atoms with Crippen molar-refractivity contribution in [3.05, 3.63) is 52.8 Å². The second-order valence-electron chi connectivity index (χ2n) is 4.62. The number of aryl methyl sites for hydroxylation is 1. The van der Waals surface area contributed by atoms with E-state index in [-0.39, 0.29) is 17.6 Å². The molecule has 1 atom stereocenters. The summed E-state index contributed by atoms with van der Waals surface area (Å²) in [6.07, 6.45) is 3.60. The van der Waals surface area contributed by atoms with E-state index in [4.69, 9.17) is 4.74 Å². The van der Waals surface area contributed by atoms with Crippen LogP contribution in [0, 0.1) is 6.92 Å². The topological polar surface area (TPSA) is 46.5 Å². The van der Waals surface area contributed by atoms with Gasteiger partial charge in [0, 0.05) is 11.5 Å². The van der Waals surface area contributed by atoms with Gasteiger partial charge in [-0.15, -0.1) is 0 Å². The van der Waals surface area contributed by atoms with E-state index in [0.717, 1.165) is 11.1 Å². The highest BCUT2D eigenvalue weighted by molar-refractivity contribution is 5.92. The van der Waals surface area contributed by atoms with Crippen LogP contribution in [0.15, 0.2) is 41.7 Å². The van der Waals surface area contributed by atoms with Crippen molar-refractivity contribution >= 4 is 5.97 Å². The highest BCUT2D eigenvalue weighted by Crippen LogP contribution is 2.27. The molecular weight excluding hydrogens is 228 g/mol. The average molecular weight is 244 g/mol. The maximum atomic E-state index is 11.2. The Balaban J connectivity index is 2.22.